The third-order valence-corrected chi connectivity index (χ3v) is 4.52. The Hall–Kier alpha value is -3.29. The minimum atomic E-state index is -0.0932. The molecule has 1 aliphatic heterocycles. The maximum absolute atomic E-state index is 12.1. The van der Waals surface area contributed by atoms with Crippen molar-refractivity contribution in [3.63, 3.8) is 0 Å². The summed E-state index contributed by atoms with van der Waals surface area (Å²) >= 11 is 0. The van der Waals surface area contributed by atoms with E-state index in [-0.39, 0.29) is 12.5 Å². The van der Waals surface area contributed by atoms with Gasteiger partial charge >= 0.3 is 0 Å². The average Bonchev–Trinajstić information content (AvgIpc) is 3.00. The lowest BCUT2D eigenvalue weighted by atomic mass is 10.1. The number of aryl methyl sites for hydroxylation is 2. The van der Waals surface area contributed by atoms with Crippen molar-refractivity contribution in [3.8, 4) is 17.1 Å². The molecule has 27 heavy (non-hydrogen) atoms. The van der Waals surface area contributed by atoms with Crippen LogP contribution in [0.4, 0.5) is 0 Å². The fraction of sp³-hybridized carbons (Fsp3) is 0.316. The number of aromatic nitrogens is 4. The van der Waals surface area contributed by atoms with Crippen LogP contribution in [0, 0.1) is 13.8 Å². The smallest absolute Gasteiger partial charge is 0.274 e. The number of carbonyl (C=O) groups excluding carboxylic acids is 1. The highest BCUT2D eigenvalue weighted by molar-refractivity contribution is 5.92. The summed E-state index contributed by atoms with van der Waals surface area (Å²) < 4.78 is 11.1. The van der Waals surface area contributed by atoms with Crippen LogP contribution in [0.2, 0.25) is 0 Å². The van der Waals surface area contributed by atoms with E-state index in [1.54, 1.807) is 11.1 Å². The van der Waals surface area contributed by atoms with Crippen LogP contribution >= 0.6 is 0 Å². The first-order valence-electron chi connectivity index (χ1n) is 8.74. The van der Waals surface area contributed by atoms with Gasteiger partial charge in [-0.3, -0.25) is 9.78 Å². The van der Waals surface area contributed by atoms with Crippen LogP contribution in [0.3, 0.4) is 0 Å². The van der Waals surface area contributed by atoms with E-state index in [1.165, 1.54) is 12.4 Å². The number of hydrogen-bond donors (Lipinski definition) is 0. The Kier molecular flexibility index (Phi) is 4.53. The van der Waals surface area contributed by atoms with E-state index in [9.17, 15) is 4.79 Å². The van der Waals surface area contributed by atoms with Crippen molar-refractivity contribution in [2.45, 2.75) is 26.9 Å². The normalized spacial score (nSPS) is 13.3. The molecule has 3 aromatic rings. The van der Waals surface area contributed by atoms with Crippen molar-refractivity contribution in [2.24, 2.45) is 0 Å². The minimum absolute atomic E-state index is 0.0932. The Balaban J connectivity index is 1.46. The van der Waals surface area contributed by atoms with Gasteiger partial charge in [0.1, 0.15) is 23.8 Å². The maximum atomic E-state index is 12.1. The SMILES string of the molecule is Cc1ccc(-c2noc(C)c2COc2cnc(C(=O)N3CCC3)cn2)cn1. The fourth-order valence-electron chi connectivity index (χ4n) is 2.72. The van der Waals surface area contributed by atoms with Crippen molar-refractivity contribution < 1.29 is 14.1 Å². The Morgan fingerprint density at radius 2 is 2.00 bits per heavy atom. The second-order valence-electron chi connectivity index (χ2n) is 6.43. The number of ether oxygens (including phenoxy) is 1. The van der Waals surface area contributed by atoms with Gasteiger partial charge in [0.25, 0.3) is 5.91 Å². The molecule has 4 rings (SSSR count). The highest BCUT2D eigenvalue weighted by Crippen LogP contribution is 2.26. The number of carbonyl (C=O) groups is 1. The van der Waals surface area contributed by atoms with E-state index in [2.05, 4.69) is 20.1 Å². The quantitative estimate of drug-likeness (QED) is 0.686. The molecule has 0 N–H and O–H groups in total. The van der Waals surface area contributed by atoms with Crippen LogP contribution in [0.5, 0.6) is 5.88 Å². The van der Waals surface area contributed by atoms with Crippen molar-refractivity contribution in [2.75, 3.05) is 13.1 Å². The molecule has 4 heterocycles. The number of likely N-dealkylation sites (tertiary alicyclic amines) is 1. The molecular weight excluding hydrogens is 346 g/mol. The van der Waals surface area contributed by atoms with E-state index in [0.29, 0.717) is 23.0 Å². The van der Waals surface area contributed by atoms with Crippen LogP contribution in [-0.4, -0.2) is 44.0 Å². The first-order chi connectivity index (χ1) is 13.1. The second-order valence-corrected chi connectivity index (χ2v) is 6.43. The molecule has 8 nitrogen and oxygen atoms in total. The van der Waals surface area contributed by atoms with Crippen LogP contribution in [-0.2, 0) is 6.61 Å². The maximum Gasteiger partial charge on any atom is 0.274 e. The molecule has 0 aromatic carbocycles. The van der Waals surface area contributed by atoms with Gasteiger partial charge in [-0.25, -0.2) is 9.97 Å². The predicted octanol–water partition coefficient (Wildman–Crippen LogP) is 2.57. The van der Waals surface area contributed by atoms with E-state index < -0.39 is 0 Å². The molecule has 0 atom stereocenters. The van der Waals surface area contributed by atoms with Crippen LogP contribution in [0.25, 0.3) is 11.3 Å². The average molecular weight is 365 g/mol. The van der Waals surface area contributed by atoms with Crippen LogP contribution < -0.4 is 4.74 Å². The lowest BCUT2D eigenvalue weighted by Gasteiger charge is -2.30. The first kappa shape index (κ1) is 17.1. The van der Waals surface area contributed by atoms with Gasteiger partial charge in [0.2, 0.25) is 5.88 Å². The van der Waals surface area contributed by atoms with Gasteiger partial charge in [0.05, 0.1) is 18.0 Å². The largest absolute Gasteiger partial charge is 0.471 e. The van der Waals surface area contributed by atoms with Gasteiger partial charge in [-0.1, -0.05) is 5.16 Å². The van der Waals surface area contributed by atoms with Gasteiger partial charge in [-0.2, -0.15) is 0 Å². The predicted molar refractivity (Wildman–Crippen MR) is 96.1 cm³/mol. The van der Waals surface area contributed by atoms with Crippen molar-refractivity contribution in [1.29, 1.82) is 0 Å². The molecule has 0 unspecified atom stereocenters. The zero-order valence-electron chi connectivity index (χ0n) is 15.2. The summed E-state index contributed by atoms with van der Waals surface area (Å²) in [5, 5.41) is 4.12. The van der Waals surface area contributed by atoms with Crippen molar-refractivity contribution in [1.82, 2.24) is 25.0 Å². The zero-order chi connectivity index (χ0) is 18.8. The number of nitrogens with zero attached hydrogens (tertiary/aromatic N) is 5. The molecule has 0 aliphatic carbocycles. The Morgan fingerprint density at radius 1 is 1.15 bits per heavy atom. The van der Waals surface area contributed by atoms with Crippen LogP contribution in [0.1, 0.15) is 33.9 Å². The Morgan fingerprint density at radius 3 is 2.63 bits per heavy atom. The second kappa shape index (κ2) is 7.14. The number of hydrogen-bond acceptors (Lipinski definition) is 7. The van der Waals surface area contributed by atoms with Crippen LogP contribution in [0.15, 0.2) is 35.2 Å². The van der Waals surface area contributed by atoms with Gasteiger partial charge in [-0.15, -0.1) is 0 Å². The molecule has 1 aliphatic rings. The Bertz CT molecular complexity index is 946. The molecule has 1 amide bonds. The van der Waals surface area contributed by atoms with Gasteiger partial charge in [0.15, 0.2) is 0 Å². The molecule has 0 saturated carbocycles. The highest BCUT2D eigenvalue weighted by Gasteiger charge is 2.23. The molecule has 0 bridgehead atoms. The summed E-state index contributed by atoms with van der Waals surface area (Å²) in [4.78, 5) is 26.5. The summed E-state index contributed by atoms with van der Waals surface area (Å²) in [7, 11) is 0. The van der Waals surface area contributed by atoms with E-state index >= 15 is 0 Å². The topological polar surface area (TPSA) is 94.2 Å². The molecule has 0 radical (unpaired) electrons. The summed E-state index contributed by atoms with van der Waals surface area (Å²) in [6, 6.07) is 3.86. The summed E-state index contributed by atoms with van der Waals surface area (Å²) in [5.41, 5.74) is 3.63. The lowest BCUT2D eigenvalue weighted by Crippen LogP contribution is -2.42. The molecule has 1 fully saturated rings. The van der Waals surface area contributed by atoms with Gasteiger partial charge < -0.3 is 14.2 Å². The minimum Gasteiger partial charge on any atom is -0.471 e. The fourth-order valence-corrected chi connectivity index (χ4v) is 2.72. The summed E-state index contributed by atoms with van der Waals surface area (Å²) in [6.45, 7) is 5.55. The van der Waals surface area contributed by atoms with E-state index in [0.717, 1.165) is 36.3 Å². The number of pyridine rings is 1. The van der Waals surface area contributed by atoms with E-state index in [1.807, 2.05) is 26.0 Å². The number of amides is 1. The lowest BCUT2D eigenvalue weighted by molar-refractivity contribution is 0.0645. The molecule has 0 spiro atoms. The molecule has 1 saturated heterocycles. The highest BCUT2D eigenvalue weighted by atomic mass is 16.5. The molecule has 138 valence electrons. The van der Waals surface area contributed by atoms with E-state index in [4.69, 9.17) is 9.26 Å². The van der Waals surface area contributed by atoms with Gasteiger partial charge in [-0.05, 0) is 32.4 Å². The third-order valence-electron chi connectivity index (χ3n) is 4.52. The monoisotopic (exact) mass is 365 g/mol. The molecule has 3 aromatic heterocycles. The number of rotatable bonds is 5. The zero-order valence-corrected chi connectivity index (χ0v) is 15.2. The standard InChI is InChI=1S/C19H19N5O3/c1-12-4-5-14(8-20-12)18-15(13(2)27-23-18)11-26-17-10-21-16(9-22-17)19(25)24-6-3-7-24/h4-5,8-10H,3,6-7,11H2,1-2H3. The molecule has 8 heteroatoms. The summed E-state index contributed by atoms with van der Waals surface area (Å²) in [5.74, 6) is 0.913. The third kappa shape index (κ3) is 3.51. The van der Waals surface area contributed by atoms with Crippen molar-refractivity contribution >= 4 is 5.91 Å². The van der Waals surface area contributed by atoms with Crippen molar-refractivity contribution in [3.05, 3.63) is 53.4 Å². The Labute approximate surface area is 156 Å². The first-order valence-corrected chi connectivity index (χ1v) is 8.74. The molecular formula is C19H19N5O3. The summed E-state index contributed by atoms with van der Waals surface area (Å²) in [6.07, 6.45) is 5.70. The van der Waals surface area contributed by atoms with Gasteiger partial charge in [0, 0.05) is 30.5 Å².